The molecule has 146 valence electrons. The molecule has 26 heavy (non-hydrogen) atoms. The number of amides is 1. The zero-order valence-corrected chi connectivity index (χ0v) is 15.1. The Bertz CT molecular complexity index is 540. The van der Waals surface area contributed by atoms with Crippen LogP contribution in [0.15, 0.2) is 12.2 Å². The van der Waals surface area contributed by atoms with Gasteiger partial charge < -0.3 is 19.3 Å². The summed E-state index contributed by atoms with van der Waals surface area (Å²) in [5.41, 5.74) is 5.53. The van der Waals surface area contributed by atoms with Crippen molar-refractivity contribution in [2.45, 2.75) is 63.4 Å². The van der Waals surface area contributed by atoms with Gasteiger partial charge in [0.15, 0.2) is 0 Å². The van der Waals surface area contributed by atoms with Crippen LogP contribution in [-0.2, 0) is 19.0 Å². The molecule has 3 aliphatic rings. The maximum absolute atomic E-state index is 11.5. The summed E-state index contributed by atoms with van der Waals surface area (Å²) < 4.78 is 16.7. The molecule has 3 aliphatic heterocycles. The van der Waals surface area contributed by atoms with Gasteiger partial charge >= 0.3 is 12.1 Å². The fraction of sp³-hybridized carbons (Fsp3) is 0.778. The molecule has 0 unspecified atom stereocenters. The number of nitrogens with one attached hydrogen (secondary N) is 2. The van der Waals surface area contributed by atoms with Gasteiger partial charge in [0, 0.05) is 18.9 Å². The van der Waals surface area contributed by atoms with Crippen LogP contribution >= 0.6 is 0 Å². The first-order valence-corrected chi connectivity index (χ1v) is 9.45. The number of carbonyl (C=O) groups excluding carboxylic acids is 1. The van der Waals surface area contributed by atoms with Gasteiger partial charge in [0.25, 0.3) is 0 Å². The SMILES string of the molecule is CCCOC(=O)NNC[C@@H]1[C@H](C/C=C\CCCC(=O)O)[C@H]2O[C@@H]1[C@H]1O[C@H]12. The lowest BCUT2D eigenvalue weighted by Crippen LogP contribution is -2.45. The van der Waals surface area contributed by atoms with E-state index in [1.165, 1.54) is 0 Å². The Kier molecular flexibility index (Phi) is 6.50. The Labute approximate surface area is 153 Å². The summed E-state index contributed by atoms with van der Waals surface area (Å²) >= 11 is 0. The molecule has 3 fully saturated rings. The standard InChI is InChI=1S/C18H28N2O6/c1-2-9-24-18(23)20-19-10-12-11(7-5-3-4-6-8-13(21)22)14-16-17(26-16)15(12)25-14/h3,5,11-12,14-17,19H,2,4,6-10H2,1H3,(H,20,23)(H,21,22)/b5-3-/t11-,12+,14+,15-,16-,17+/m0/s1. The molecule has 8 heteroatoms. The van der Waals surface area contributed by atoms with Gasteiger partial charge in [-0.05, 0) is 31.6 Å². The van der Waals surface area contributed by atoms with E-state index in [1.807, 2.05) is 13.0 Å². The fourth-order valence-electron chi connectivity index (χ4n) is 3.97. The van der Waals surface area contributed by atoms with E-state index in [-0.39, 0.29) is 36.8 Å². The molecule has 0 aromatic rings. The van der Waals surface area contributed by atoms with E-state index in [2.05, 4.69) is 16.9 Å². The Morgan fingerprint density at radius 1 is 1.12 bits per heavy atom. The van der Waals surface area contributed by atoms with Gasteiger partial charge in [-0.25, -0.2) is 10.2 Å². The third-order valence-corrected chi connectivity index (χ3v) is 5.22. The van der Waals surface area contributed by atoms with Crippen LogP contribution in [0.25, 0.3) is 0 Å². The fourth-order valence-corrected chi connectivity index (χ4v) is 3.97. The smallest absolute Gasteiger partial charge is 0.421 e. The largest absolute Gasteiger partial charge is 0.481 e. The second-order valence-electron chi connectivity index (χ2n) is 7.09. The molecular weight excluding hydrogens is 340 g/mol. The molecule has 0 radical (unpaired) electrons. The van der Waals surface area contributed by atoms with Crippen molar-refractivity contribution in [3.8, 4) is 0 Å². The van der Waals surface area contributed by atoms with E-state index in [0.717, 1.165) is 19.3 Å². The van der Waals surface area contributed by atoms with E-state index >= 15 is 0 Å². The monoisotopic (exact) mass is 368 g/mol. The van der Waals surface area contributed by atoms with Gasteiger partial charge in [-0.15, -0.1) is 0 Å². The molecule has 3 saturated heterocycles. The third kappa shape index (κ3) is 4.55. The summed E-state index contributed by atoms with van der Waals surface area (Å²) in [5, 5.41) is 8.65. The second kappa shape index (κ2) is 8.83. The molecule has 0 spiro atoms. The number of carbonyl (C=O) groups is 2. The number of fused-ring (bicyclic) bond motifs is 5. The van der Waals surface area contributed by atoms with Gasteiger partial charge in [-0.3, -0.25) is 10.2 Å². The lowest BCUT2D eigenvalue weighted by molar-refractivity contribution is -0.137. The van der Waals surface area contributed by atoms with Gasteiger partial charge in [0.1, 0.15) is 12.2 Å². The summed E-state index contributed by atoms with van der Waals surface area (Å²) in [7, 11) is 0. The van der Waals surface area contributed by atoms with Gasteiger partial charge in [-0.1, -0.05) is 19.1 Å². The number of allylic oxidation sites excluding steroid dienone is 2. The first-order valence-electron chi connectivity index (χ1n) is 9.45. The lowest BCUT2D eigenvalue weighted by atomic mass is 9.77. The molecule has 6 atom stereocenters. The van der Waals surface area contributed by atoms with E-state index in [1.54, 1.807) is 0 Å². The van der Waals surface area contributed by atoms with Crippen molar-refractivity contribution in [3.63, 3.8) is 0 Å². The molecular formula is C18H28N2O6. The highest BCUT2D eigenvalue weighted by Crippen LogP contribution is 2.54. The average Bonchev–Trinajstić information content (AvgIpc) is 3.24. The minimum atomic E-state index is -0.757. The molecule has 8 nitrogen and oxygen atoms in total. The molecule has 3 N–H and O–H groups in total. The average molecular weight is 368 g/mol. The van der Waals surface area contributed by atoms with Crippen LogP contribution in [0.4, 0.5) is 4.79 Å². The van der Waals surface area contributed by atoms with Gasteiger partial charge in [-0.2, -0.15) is 0 Å². The predicted molar refractivity (Wildman–Crippen MR) is 92.3 cm³/mol. The van der Waals surface area contributed by atoms with Crippen molar-refractivity contribution < 1.29 is 28.9 Å². The molecule has 0 saturated carbocycles. The van der Waals surface area contributed by atoms with Crippen LogP contribution in [0.5, 0.6) is 0 Å². The zero-order chi connectivity index (χ0) is 18.5. The molecule has 1 amide bonds. The molecule has 0 aliphatic carbocycles. The van der Waals surface area contributed by atoms with E-state index < -0.39 is 12.1 Å². The number of ether oxygens (including phenoxy) is 3. The van der Waals surface area contributed by atoms with Crippen LogP contribution in [0.2, 0.25) is 0 Å². The molecule has 2 bridgehead atoms. The minimum Gasteiger partial charge on any atom is -0.481 e. The first-order chi connectivity index (χ1) is 12.6. The van der Waals surface area contributed by atoms with Crippen LogP contribution in [0, 0.1) is 11.8 Å². The summed E-state index contributed by atoms with van der Waals surface area (Å²) in [6.07, 6.45) is 7.60. The van der Waals surface area contributed by atoms with E-state index in [4.69, 9.17) is 19.3 Å². The summed E-state index contributed by atoms with van der Waals surface area (Å²) in [5.74, 6) is -0.160. The van der Waals surface area contributed by atoms with Crippen LogP contribution < -0.4 is 10.9 Å². The normalized spacial score (nSPS) is 34.0. The lowest BCUT2D eigenvalue weighted by Gasteiger charge is -2.25. The van der Waals surface area contributed by atoms with Crippen molar-refractivity contribution in [2.24, 2.45) is 11.8 Å². The van der Waals surface area contributed by atoms with Crippen LogP contribution in [0.3, 0.4) is 0 Å². The Morgan fingerprint density at radius 3 is 2.58 bits per heavy atom. The molecule has 0 aromatic carbocycles. The highest BCUT2D eigenvalue weighted by atomic mass is 16.7. The number of carboxylic acids is 1. The second-order valence-corrected chi connectivity index (χ2v) is 7.09. The van der Waals surface area contributed by atoms with Gasteiger partial charge in [0.2, 0.25) is 0 Å². The van der Waals surface area contributed by atoms with Crippen molar-refractivity contribution in [2.75, 3.05) is 13.2 Å². The number of aliphatic carboxylic acids is 1. The van der Waals surface area contributed by atoms with E-state index in [0.29, 0.717) is 25.5 Å². The highest BCUT2D eigenvalue weighted by molar-refractivity contribution is 5.66. The van der Waals surface area contributed by atoms with Crippen LogP contribution in [-0.4, -0.2) is 54.7 Å². The number of unbranched alkanes of at least 4 members (excludes halogenated alkanes) is 1. The van der Waals surface area contributed by atoms with Crippen molar-refractivity contribution in [3.05, 3.63) is 12.2 Å². The summed E-state index contributed by atoms with van der Waals surface area (Å²) in [6, 6.07) is 0. The Morgan fingerprint density at radius 2 is 1.85 bits per heavy atom. The molecule has 3 heterocycles. The number of epoxide rings is 1. The minimum absolute atomic E-state index is 0.0800. The number of rotatable bonds is 11. The summed E-state index contributed by atoms with van der Waals surface area (Å²) in [4.78, 5) is 22.0. The maximum atomic E-state index is 11.5. The number of hydrazine groups is 1. The number of carboxylic acid groups (broad SMARTS) is 1. The topological polar surface area (TPSA) is 109 Å². The summed E-state index contributed by atoms with van der Waals surface area (Å²) in [6.45, 7) is 2.95. The highest BCUT2D eigenvalue weighted by Gasteiger charge is 2.68. The number of hydrogen-bond acceptors (Lipinski definition) is 6. The first kappa shape index (κ1) is 19.1. The van der Waals surface area contributed by atoms with Gasteiger partial charge in [0.05, 0.1) is 18.8 Å². The zero-order valence-electron chi connectivity index (χ0n) is 15.1. The quantitative estimate of drug-likeness (QED) is 0.220. The predicted octanol–water partition coefficient (Wildman–Crippen LogP) is 1.61. The van der Waals surface area contributed by atoms with Crippen molar-refractivity contribution in [1.29, 1.82) is 0 Å². The van der Waals surface area contributed by atoms with Crippen molar-refractivity contribution >= 4 is 12.1 Å². The third-order valence-electron chi connectivity index (χ3n) is 5.22. The Hall–Kier alpha value is -1.64. The van der Waals surface area contributed by atoms with E-state index in [9.17, 15) is 9.59 Å². The van der Waals surface area contributed by atoms with Crippen molar-refractivity contribution in [1.82, 2.24) is 10.9 Å². The maximum Gasteiger partial charge on any atom is 0.421 e. The Balaban J connectivity index is 1.42. The molecule has 0 aromatic heterocycles. The molecule has 3 rings (SSSR count). The van der Waals surface area contributed by atoms with Crippen LogP contribution in [0.1, 0.15) is 39.0 Å². The number of hydrogen-bond donors (Lipinski definition) is 3.